The van der Waals surface area contributed by atoms with Gasteiger partial charge in [-0.1, -0.05) is 0 Å². The molecule has 11 heteroatoms. The van der Waals surface area contributed by atoms with Crippen LogP contribution in [0.15, 0.2) is 34.4 Å². The number of hydrogen-bond acceptors (Lipinski definition) is 4. The molecule has 0 bridgehead atoms. The molecule has 0 atom stereocenters. The van der Waals surface area contributed by atoms with E-state index in [2.05, 4.69) is 14.9 Å². The molecule has 0 radical (unpaired) electrons. The summed E-state index contributed by atoms with van der Waals surface area (Å²) >= 11 is 0. The van der Waals surface area contributed by atoms with Gasteiger partial charge >= 0.3 is 6.36 Å². The zero-order valence-electron chi connectivity index (χ0n) is 11.9. The molecule has 0 amide bonds. The molecular formula is C12H16F3N5O3. The summed E-state index contributed by atoms with van der Waals surface area (Å²) in [5, 5.41) is 3.42. The largest absolute Gasteiger partial charge is 0.573 e. The van der Waals surface area contributed by atoms with Gasteiger partial charge in [0, 0.05) is 6.42 Å². The van der Waals surface area contributed by atoms with Crippen molar-refractivity contribution in [3.8, 4) is 11.5 Å². The van der Waals surface area contributed by atoms with Crippen molar-refractivity contribution < 1.29 is 27.5 Å². The highest BCUT2D eigenvalue weighted by Crippen LogP contribution is 2.24. The van der Waals surface area contributed by atoms with Gasteiger partial charge in [-0.2, -0.15) is 4.99 Å². The van der Waals surface area contributed by atoms with Crippen molar-refractivity contribution >= 4 is 11.9 Å². The SMILES string of the molecule is NC(N)=N/C(N)=N/OCCCOc1ccc(OC(F)(F)F)cc1. The van der Waals surface area contributed by atoms with Crippen LogP contribution in [0.4, 0.5) is 13.2 Å². The summed E-state index contributed by atoms with van der Waals surface area (Å²) in [7, 11) is 0. The summed E-state index contributed by atoms with van der Waals surface area (Å²) in [4.78, 5) is 8.26. The molecule has 1 rings (SSSR count). The number of nitrogens with zero attached hydrogens (tertiary/aromatic N) is 2. The summed E-state index contributed by atoms with van der Waals surface area (Å²) in [6.45, 7) is 0.452. The number of nitrogens with two attached hydrogens (primary N) is 3. The van der Waals surface area contributed by atoms with Crippen molar-refractivity contribution in [2.24, 2.45) is 27.3 Å². The summed E-state index contributed by atoms with van der Waals surface area (Å²) in [6.07, 6.45) is -4.26. The highest BCUT2D eigenvalue weighted by molar-refractivity contribution is 5.92. The molecule has 0 heterocycles. The highest BCUT2D eigenvalue weighted by atomic mass is 19.4. The lowest BCUT2D eigenvalue weighted by Gasteiger charge is -2.10. The third-order valence-electron chi connectivity index (χ3n) is 2.11. The van der Waals surface area contributed by atoms with Gasteiger partial charge in [-0.15, -0.1) is 13.2 Å². The Morgan fingerprint density at radius 1 is 1.00 bits per heavy atom. The maximum Gasteiger partial charge on any atom is 0.573 e. The Kier molecular flexibility index (Phi) is 6.77. The van der Waals surface area contributed by atoms with Crippen LogP contribution in [-0.2, 0) is 4.84 Å². The Bertz CT molecular complexity index is 542. The fourth-order valence-electron chi connectivity index (χ4n) is 1.32. The fraction of sp³-hybridized carbons (Fsp3) is 0.333. The first-order chi connectivity index (χ1) is 10.8. The van der Waals surface area contributed by atoms with Crippen LogP contribution in [-0.4, -0.2) is 31.5 Å². The van der Waals surface area contributed by atoms with E-state index < -0.39 is 6.36 Å². The first-order valence-corrected chi connectivity index (χ1v) is 6.30. The number of alkyl halides is 3. The van der Waals surface area contributed by atoms with Gasteiger partial charge in [0.2, 0.25) is 0 Å². The van der Waals surface area contributed by atoms with E-state index in [0.717, 1.165) is 12.1 Å². The molecule has 1 aromatic carbocycles. The van der Waals surface area contributed by atoms with E-state index in [1.54, 1.807) is 0 Å². The molecular weight excluding hydrogens is 319 g/mol. The predicted molar refractivity (Wildman–Crippen MR) is 76.6 cm³/mol. The molecule has 0 aliphatic heterocycles. The molecule has 8 nitrogen and oxygen atoms in total. The van der Waals surface area contributed by atoms with Crippen LogP contribution >= 0.6 is 0 Å². The van der Waals surface area contributed by atoms with Gasteiger partial charge in [-0.05, 0) is 29.4 Å². The summed E-state index contributed by atoms with van der Waals surface area (Å²) < 4.78 is 45.0. The van der Waals surface area contributed by atoms with E-state index in [0.29, 0.717) is 12.2 Å². The third kappa shape index (κ3) is 8.90. The molecule has 0 aliphatic carbocycles. The second kappa shape index (κ2) is 8.56. The average molecular weight is 335 g/mol. The lowest BCUT2D eigenvalue weighted by molar-refractivity contribution is -0.274. The number of oxime groups is 1. The van der Waals surface area contributed by atoms with Gasteiger partial charge < -0.3 is 31.5 Å². The van der Waals surface area contributed by atoms with Crippen LogP contribution in [0.3, 0.4) is 0 Å². The fourth-order valence-corrected chi connectivity index (χ4v) is 1.32. The molecule has 0 aliphatic rings. The van der Waals surface area contributed by atoms with Crippen LogP contribution in [0, 0.1) is 0 Å². The Morgan fingerprint density at radius 2 is 1.61 bits per heavy atom. The second-order valence-electron chi connectivity index (χ2n) is 4.04. The Hall–Kier alpha value is -2.85. The van der Waals surface area contributed by atoms with Crippen molar-refractivity contribution in [2.45, 2.75) is 12.8 Å². The van der Waals surface area contributed by atoms with Crippen LogP contribution < -0.4 is 26.7 Å². The molecule has 128 valence electrons. The molecule has 0 aromatic heterocycles. The first-order valence-electron chi connectivity index (χ1n) is 6.30. The van der Waals surface area contributed by atoms with Gasteiger partial charge in [0.1, 0.15) is 18.1 Å². The second-order valence-corrected chi connectivity index (χ2v) is 4.04. The summed E-state index contributed by atoms with van der Waals surface area (Å²) in [6, 6.07) is 5.02. The first kappa shape index (κ1) is 18.2. The molecule has 0 saturated heterocycles. The zero-order valence-corrected chi connectivity index (χ0v) is 11.9. The number of rotatable bonds is 7. The van der Waals surface area contributed by atoms with E-state index in [-0.39, 0.29) is 30.9 Å². The Morgan fingerprint density at radius 3 is 2.17 bits per heavy atom. The van der Waals surface area contributed by atoms with Gasteiger partial charge in [0.15, 0.2) is 5.96 Å². The number of hydrogen-bond donors (Lipinski definition) is 3. The summed E-state index contributed by atoms with van der Waals surface area (Å²) in [5.41, 5.74) is 15.4. The Balaban J connectivity index is 2.25. The van der Waals surface area contributed by atoms with Gasteiger partial charge in [0.05, 0.1) is 6.61 Å². The van der Waals surface area contributed by atoms with Crippen molar-refractivity contribution in [1.29, 1.82) is 0 Å². The molecule has 23 heavy (non-hydrogen) atoms. The monoisotopic (exact) mass is 335 g/mol. The number of halogens is 3. The smallest absolute Gasteiger partial charge is 0.493 e. The van der Waals surface area contributed by atoms with Gasteiger partial charge in [-0.3, -0.25) is 0 Å². The normalized spacial score (nSPS) is 11.7. The highest BCUT2D eigenvalue weighted by Gasteiger charge is 2.30. The van der Waals surface area contributed by atoms with Crippen LogP contribution in [0.25, 0.3) is 0 Å². The predicted octanol–water partition coefficient (Wildman–Crippen LogP) is 0.874. The van der Waals surface area contributed by atoms with E-state index in [9.17, 15) is 13.2 Å². The van der Waals surface area contributed by atoms with Crippen LogP contribution in [0.1, 0.15) is 6.42 Å². The lowest BCUT2D eigenvalue weighted by atomic mass is 10.3. The topological polar surface area (TPSA) is 130 Å². The summed E-state index contributed by atoms with van der Waals surface area (Å²) in [5.74, 6) is -0.386. The molecule has 0 fully saturated rings. The van der Waals surface area contributed by atoms with E-state index >= 15 is 0 Å². The van der Waals surface area contributed by atoms with Crippen molar-refractivity contribution in [1.82, 2.24) is 0 Å². The van der Waals surface area contributed by atoms with E-state index in [1.165, 1.54) is 12.1 Å². The van der Waals surface area contributed by atoms with E-state index in [1.807, 2.05) is 0 Å². The maximum absolute atomic E-state index is 12.0. The van der Waals surface area contributed by atoms with E-state index in [4.69, 9.17) is 26.8 Å². The molecule has 1 aromatic rings. The minimum atomic E-state index is -4.72. The zero-order chi connectivity index (χ0) is 17.3. The quantitative estimate of drug-likeness (QED) is 0.293. The Labute approximate surface area is 129 Å². The van der Waals surface area contributed by atoms with Crippen molar-refractivity contribution in [3.63, 3.8) is 0 Å². The maximum atomic E-state index is 12.0. The number of guanidine groups is 2. The molecule has 6 N–H and O–H groups in total. The lowest BCUT2D eigenvalue weighted by Crippen LogP contribution is -2.26. The van der Waals surface area contributed by atoms with Crippen LogP contribution in [0.5, 0.6) is 11.5 Å². The third-order valence-corrected chi connectivity index (χ3v) is 2.11. The van der Waals surface area contributed by atoms with Gasteiger partial charge in [-0.25, -0.2) is 0 Å². The van der Waals surface area contributed by atoms with Crippen LogP contribution in [0.2, 0.25) is 0 Å². The molecule has 0 saturated carbocycles. The number of aliphatic imine (C=N–C) groups is 1. The standard InChI is InChI=1S/C12H16F3N5O3/c13-12(14,15)23-9-4-2-8(3-5-9)21-6-1-7-22-20-11(18)19-10(16)17/h2-5H,1,6-7H2,(H6,16,17,18,19,20). The number of ether oxygens (including phenoxy) is 2. The molecule has 0 spiro atoms. The van der Waals surface area contributed by atoms with Crippen molar-refractivity contribution in [2.75, 3.05) is 13.2 Å². The average Bonchev–Trinajstić information content (AvgIpc) is 2.42. The van der Waals surface area contributed by atoms with Crippen molar-refractivity contribution in [3.05, 3.63) is 24.3 Å². The minimum Gasteiger partial charge on any atom is -0.493 e. The minimum absolute atomic E-state index is 0.190. The molecule has 0 unspecified atom stereocenters. The number of benzene rings is 1. The van der Waals surface area contributed by atoms with Gasteiger partial charge in [0.25, 0.3) is 5.96 Å².